The molecule has 1 heterocycles. The Morgan fingerprint density at radius 2 is 2.12 bits per heavy atom. The number of phenols is 1. The predicted molar refractivity (Wildman–Crippen MR) is 104 cm³/mol. The lowest BCUT2D eigenvalue weighted by molar-refractivity contribution is -0.139. The molecule has 5 nitrogen and oxygen atoms in total. The van der Waals surface area contributed by atoms with Gasteiger partial charge in [0.1, 0.15) is 5.03 Å². The number of carbonyl (C=O) groups is 1. The summed E-state index contributed by atoms with van der Waals surface area (Å²) in [4.78, 5) is 17.1. The summed E-state index contributed by atoms with van der Waals surface area (Å²) >= 11 is 1.66. The van der Waals surface area contributed by atoms with Gasteiger partial charge in [-0.15, -0.1) is 11.8 Å². The van der Waals surface area contributed by atoms with Gasteiger partial charge >= 0.3 is 5.97 Å². The van der Waals surface area contributed by atoms with E-state index in [1.165, 1.54) is 6.42 Å². The molecule has 0 unspecified atom stereocenters. The van der Waals surface area contributed by atoms with Crippen molar-refractivity contribution in [2.45, 2.75) is 44.8 Å². The normalized spacial score (nSPS) is 22.5. The van der Waals surface area contributed by atoms with Crippen molar-refractivity contribution >= 4 is 23.9 Å². The first-order valence-electron chi connectivity index (χ1n) is 9.22. The number of nitrogens with zero attached hydrogens (tertiary/aromatic N) is 1. The molecule has 1 aromatic rings. The van der Waals surface area contributed by atoms with Crippen molar-refractivity contribution in [1.29, 1.82) is 0 Å². The molecule has 1 aliphatic carbocycles. The Kier molecular flexibility index (Phi) is 6.25. The van der Waals surface area contributed by atoms with Crippen molar-refractivity contribution in [3.63, 3.8) is 0 Å². The molecule has 140 valence electrons. The van der Waals surface area contributed by atoms with Crippen LogP contribution in [0.4, 0.5) is 0 Å². The summed E-state index contributed by atoms with van der Waals surface area (Å²) in [7, 11) is 0. The average molecular weight is 375 g/mol. The number of thioether (sulfide) groups is 1. The van der Waals surface area contributed by atoms with E-state index in [4.69, 9.17) is 9.47 Å². The maximum absolute atomic E-state index is 12.5. The van der Waals surface area contributed by atoms with Crippen LogP contribution in [0.2, 0.25) is 0 Å². The van der Waals surface area contributed by atoms with Crippen LogP contribution < -0.4 is 4.74 Å². The zero-order chi connectivity index (χ0) is 18.5. The molecule has 1 aromatic carbocycles. The summed E-state index contributed by atoms with van der Waals surface area (Å²) in [6.45, 7) is 4.52. The van der Waals surface area contributed by atoms with E-state index < -0.39 is 0 Å². The quantitative estimate of drug-likeness (QED) is 0.593. The molecule has 0 radical (unpaired) electrons. The Morgan fingerprint density at radius 3 is 2.88 bits per heavy atom. The number of aromatic hydroxyl groups is 1. The second kappa shape index (κ2) is 8.62. The topological polar surface area (TPSA) is 68.1 Å². The predicted octanol–water partition coefficient (Wildman–Crippen LogP) is 4.29. The molecule has 1 fully saturated rings. The Hall–Kier alpha value is -1.95. The molecule has 0 bridgehead atoms. The summed E-state index contributed by atoms with van der Waals surface area (Å²) in [5.41, 5.74) is 1.28. The van der Waals surface area contributed by atoms with E-state index in [0.29, 0.717) is 35.3 Å². The molecule has 0 amide bonds. The smallest absolute Gasteiger partial charge is 0.337 e. The number of ether oxygens (including phenoxy) is 2. The lowest BCUT2D eigenvalue weighted by Crippen LogP contribution is -2.24. The van der Waals surface area contributed by atoms with E-state index in [1.54, 1.807) is 30.1 Å². The van der Waals surface area contributed by atoms with Crippen LogP contribution in [-0.2, 0) is 9.53 Å². The van der Waals surface area contributed by atoms with Crippen LogP contribution >= 0.6 is 11.8 Å². The van der Waals surface area contributed by atoms with Crippen LogP contribution in [0.1, 0.15) is 45.1 Å². The highest BCUT2D eigenvalue weighted by molar-refractivity contribution is 8.04. The average Bonchev–Trinajstić information content (AvgIpc) is 3.01. The van der Waals surface area contributed by atoms with Gasteiger partial charge in [-0.2, -0.15) is 0 Å². The van der Waals surface area contributed by atoms with Crippen LogP contribution in [0.15, 0.2) is 33.8 Å². The Morgan fingerprint density at radius 1 is 1.31 bits per heavy atom. The van der Waals surface area contributed by atoms with Crippen molar-refractivity contribution in [2.24, 2.45) is 10.9 Å². The highest BCUT2D eigenvalue weighted by Gasteiger charge is 2.41. The summed E-state index contributed by atoms with van der Waals surface area (Å²) in [5.74, 6) is 0.470. The van der Waals surface area contributed by atoms with Gasteiger partial charge in [-0.3, -0.25) is 0 Å². The molecule has 1 saturated carbocycles. The van der Waals surface area contributed by atoms with E-state index in [2.05, 4.69) is 4.99 Å². The van der Waals surface area contributed by atoms with Crippen LogP contribution in [0.5, 0.6) is 11.5 Å². The summed E-state index contributed by atoms with van der Waals surface area (Å²) in [5, 5.41) is 11.5. The molecule has 0 aromatic heterocycles. The third-order valence-electron chi connectivity index (χ3n) is 4.71. The van der Waals surface area contributed by atoms with Gasteiger partial charge in [0.2, 0.25) is 0 Å². The van der Waals surface area contributed by atoms with Gasteiger partial charge in [0.15, 0.2) is 11.5 Å². The maximum atomic E-state index is 12.5. The largest absolute Gasteiger partial charge is 0.504 e. The molecule has 1 aliphatic heterocycles. The lowest BCUT2D eigenvalue weighted by Gasteiger charge is -2.25. The van der Waals surface area contributed by atoms with Crippen LogP contribution in [0.3, 0.4) is 0 Å². The molecule has 6 heteroatoms. The SMILES string of the molecule is CCOC(=O)C1=C(N=Cc2cccc(OCC)c2O)S[C@@H]2CCCC[C@H]12. The highest BCUT2D eigenvalue weighted by atomic mass is 32.2. The van der Waals surface area contributed by atoms with Crippen LogP contribution in [0.25, 0.3) is 0 Å². The number of rotatable bonds is 6. The van der Waals surface area contributed by atoms with E-state index >= 15 is 0 Å². The number of esters is 1. The second-order valence-electron chi connectivity index (χ2n) is 6.37. The Labute approximate surface area is 158 Å². The standard InChI is InChI=1S/C20H25NO4S/c1-3-24-15-10-7-8-13(18(15)22)12-21-19-17(20(23)25-4-2)14-9-5-6-11-16(14)26-19/h7-8,10,12,14,16,22H,3-6,9,11H2,1-2H3/t14-,16+/m0/s1. The second-order valence-corrected chi connectivity index (χ2v) is 7.60. The molecule has 26 heavy (non-hydrogen) atoms. The fraction of sp³-hybridized carbons (Fsp3) is 0.500. The third kappa shape index (κ3) is 3.90. The van der Waals surface area contributed by atoms with Crippen molar-refractivity contribution in [2.75, 3.05) is 13.2 Å². The number of aliphatic imine (C=N–C) groups is 1. The summed E-state index contributed by atoms with van der Waals surface area (Å²) in [6, 6.07) is 5.31. The molecule has 0 spiro atoms. The van der Waals surface area contributed by atoms with Gasteiger partial charge in [0.25, 0.3) is 0 Å². The first-order valence-corrected chi connectivity index (χ1v) is 10.1. The number of hydrogen-bond donors (Lipinski definition) is 1. The fourth-order valence-corrected chi connectivity index (χ4v) is 5.01. The fourth-order valence-electron chi connectivity index (χ4n) is 3.52. The van der Waals surface area contributed by atoms with E-state index in [1.807, 2.05) is 19.9 Å². The molecular formula is C20H25NO4S. The molecule has 1 N–H and O–H groups in total. The number of phenolic OH excluding ortho intramolecular Hbond substituents is 1. The third-order valence-corrected chi connectivity index (χ3v) is 6.13. The molecule has 2 aliphatic rings. The van der Waals surface area contributed by atoms with E-state index in [-0.39, 0.29) is 17.6 Å². The first-order chi connectivity index (χ1) is 12.7. The van der Waals surface area contributed by atoms with Gasteiger partial charge in [-0.05, 0) is 38.8 Å². The number of hydrogen-bond acceptors (Lipinski definition) is 6. The Balaban J connectivity index is 1.90. The number of carbonyl (C=O) groups excluding carboxylic acids is 1. The van der Waals surface area contributed by atoms with E-state index in [0.717, 1.165) is 24.3 Å². The summed E-state index contributed by atoms with van der Waals surface area (Å²) in [6.07, 6.45) is 6.05. The van der Waals surface area contributed by atoms with E-state index in [9.17, 15) is 9.90 Å². The van der Waals surface area contributed by atoms with Gasteiger partial charge in [0, 0.05) is 22.9 Å². The van der Waals surface area contributed by atoms with Gasteiger partial charge in [0.05, 0.1) is 18.8 Å². The van der Waals surface area contributed by atoms with Gasteiger partial charge in [-0.25, -0.2) is 9.79 Å². The molecule has 3 rings (SSSR count). The van der Waals surface area contributed by atoms with Gasteiger partial charge in [-0.1, -0.05) is 18.9 Å². The van der Waals surface area contributed by atoms with Crippen LogP contribution in [0, 0.1) is 5.92 Å². The highest BCUT2D eigenvalue weighted by Crippen LogP contribution is 2.49. The number of fused-ring (bicyclic) bond motifs is 1. The molecule has 2 atom stereocenters. The van der Waals surface area contributed by atoms with Crippen molar-refractivity contribution < 1.29 is 19.4 Å². The zero-order valence-corrected chi connectivity index (χ0v) is 16.1. The minimum atomic E-state index is -0.256. The molecule has 0 saturated heterocycles. The van der Waals surface area contributed by atoms with Crippen molar-refractivity contribution in [3.8, 4) is 11.5 Å². The summed E-state index contributed by atoms with van der Waals surface area (Å²) < 4.78 is 10.7. The Bertz CT molecular complexity index is 729. The van der Waals surface area contributed by atoms with Crippen molar-refractivity contribution in [3.05, 3.63) is 34.4 Å². The first kappa shape index (κ1) is 18.8. The number of benzene rings is 1. The van der Waals surface area contributed by atoms with Crippen LogP contribution in [-0.4, -0.2) is 35.8 Å². The lowest BCUT2D eigenvalue weighted by atomic mass is 9.84. The number of para-hydroxylation sites is 1. The molecular weight excluding hydrogens is 350 g/mol. The minimum absolute atomic E-state index is 0.0665. The van der Waals surface area contributed by atoms with Crippen molar-refractivity contribution in [1.82, 2.24) is 0 Å². The maximum Gasteiger partial charge on any atom is 0.337 e. The minimum Gasteiger partial charge on any atom is -0.504 e. The van der Waals surface area contributed by atoms with Gasteiger partial charge < -0.3 is 14.6 Å². The monoisotopic (exact) mass is 375 g/mol. The zero-order valence-electron chi connectivity index (χ0n) is 15.2.